The van der Waals surface area contributed by atoms with Crippen molar-refractivity contribution in [3.8, 4) is 6.07 Å². The van der Waals surface area contributed by atoms with Gasteiger partial charge < -0.3 is 0 Å². The molecule has 0 N–H and O–H groups in total. The van der Waals surface area contributed by atoms with Crippen molar-refractivity contribution in [1.82, 2.24) is 4.98 Å². The fourth-order valence-electron chi connectivity index (χ4n) is 1.95. The first kappa shape index (κ1) is 8.25. The smallest absolute Gasteiger partial charge is 0.101 e. The van der Waals surface area contributed by atoms with Crippen LogP contribution in [0, 0.1) is 18.3 Å². The summed E-state index contributed by atoms with van der Waals surface area (Å²) in [6.45, 7) is 2.03. The first-order chi connectivity index (χ1) is 6.33. The maximum absolute atomic E-state index is 8.83. The molecule has 0 spiro atoms. The molecule has 2 nitrogen and oxygen atoms in total. The van der Waals surface area contributed by atoms with Crippen molar-refractivity contribution in [1.29, 1.82) is 5.26 Å². The number of hydrogen-bond donors (Lipinski definition) is 0. The lowest BCUT2D eigenvalue weighted by Crippen LogP contribution is -2.08. The van der Waals surface area contributed by atoms with Gasteiger partial charge in [0.25, 0.3) is 0 Å². The van der Waals surface area contributed by atoms with Crippen molar-refractivity contribution < 1.29 is 0 Å². The van der Waals surface area contributed by atoms with Gasteiger partial charge in [0.05, 0.1) is 5.56 Å². The third-order valence-electron chi connectivity index (χ3n) is 2.77. The molecule has 0 fully saturated rings. The zero-order valence-electron chi connectivity index (χ0n) is 7.80. The van der Waals surface area contributed by atoms with Crippen molar-refractivity contribution in [3.63, 3.8) is 0 Å². The molecule has 0 unspecified atom stereocenters. The number of aromatic nitrogens is 1. The van der Waals surface area contributed by atoms with Crippen molar-refractivity contribution in [2.45, 2.75) is 32.6 Å². The minimum atomic E-state index is 0.737. The molecule has 1 aliphatic rings. The summed E-state index contributed by atoms with van der Waals surface area (Å²) in [6.07, 6.45) is 6.38. The number of rotatable bonds is 0. The summed E-state index contributed by atoms with van der Waals surface area (Å²) in [5.74, 6) is 0. The molecule has 13 heavy (non-hydrogen) atoms. The molecule has 2 rings (SSSR count). The average Bonchev–Trinajstić information content (AvgIpc) is 2.19. The predicted octanol–water partition coefficient (Wildman–Crippen LogP) is 2.14. The normalized spacial score (nSPS) is 14.8. The Labute approximate surface area is 78.2 Å². The Hall–Kier alpha value is -1.36. The Morgan fingerprint density at radius 1 is 1.38 bits per heavy atom. The zero-order chi connectivity index (χ0) is 9.26. The second kappa shape index (κ2) is 3.18. The molecule has 1 aliphatic carbocycles. The topological polar surface area (TPSA) is 36.7 Å². The highest BCUT2D eigenvalue weighted by molar-refractivity contribution is 5.43. The van der Waals surface area contributed by atoms with Crippen LogP contribution in [0.4, 0.5) is 0 Å². The molecule has 0 atom stereocenters. The Balaban J connectivity index is 2.56. The molecule has 0 radical (unpaired) electrons. The third kappa shape index (κ3) is 1.31. The second-order valence-electron chi connectivity index (χ2n) is 3.54. The number of nitriles is 1. The van der Waals surface area contributed by atoms with Gasteiger partial charge in [-0.2, -0.15) is 5.26 Å². The van der Waals surface area contributed by atoms with Crippen molar-refractivity contribution in [2.75, 3.05) is 0 Å². The van der Waals surface area contributed by atoms with E-state index in [-0.39, 0.29) is 0 Å². The van der Waals surface area contributed by atoms with Crippen LogP contribution in [0.3, 0.4) is 0 Å². The van der Waals surface area contributed by atoms with Crippen LogP contribution in [0.25, 0.3) is 0 Å². The van der Waals surface area contributed by atoms with Gasteiger partial charge in [0.15, 0.2) is 0 Å². The molecule has 1 aromatic rings. The minimum absolute atomic E-state index is 0.737. The van der Waals surface area contributed by atoms with Crippen LogP contribution in [0.2, 0.25) is 0 Å². The minimum Gasteiger partial charge on any atom is -0.260 e. The summed E-state index contributed by atoms with van der Waals surface area (Å²) < 4.78 is 0. The van der Waals surface area contributed by atoms with Gasteiger partial charge in [-0.05, 0) is 43.7 Å². The van der Waals surface area contributed by atoms with Crippen LogP contribution in [-0.2, 0) is 12.8 Å². The van der Waals surface area contributed by atoms with Gasteiger partial charge in [-0.1, -0.05) is 0 Å². The fourth-order valence-corrected chi connectivity index (χ4v) is 1.95. The van der Waals surface area contributed by atoms with E-state index in [1.807, 2.05) is 6.92 Å². The van der Waals surface area contributed by atoms with Crippen LogP contribution in [0.1, 0.15) is 35.2 Å². The van der Waals surface area contributed by atoms with E-state index in [2.05, 4.69) is 11.1 Å². The van der Waals surface area contributed by atoms with E-state index in [9.17, 15) is 0 Å². The van der Waals surface area contributed by atoms with Gasteiger partial charge in [0.2, 0.25) is 0 Å². The van der Waals surface area contributed by atoms with E-state index in [0.717, 1.165) is 24.0 Å². The maximum atomic E-state index is 8.83. The van der Waals surface area contributed by atoms with E-state index in [0.29, 0.717) is 0 Å². The van der Waals surface area contributed by atoms with E-state index in [1.54, 1.807) is 6.20 Å². The molecular formula is C11H12N2. The van der Waals surface area contributed by atoms with Crippen LogP contribution < -0.4 is 0 Å². The van der Waals surface area contributed by atoms with Crippen molar-refractivity contribution in [2.24, 2.45) is 0 Å². The van der Waals surface area contributed by atoms with Gasteiger partial charge in [-0.15, -0.1) is 0 Å². The standard InChI is InChI=1S/C11H12N2/c1-8-9(6-12)7-13-11-5-3-2-4-10(8)11/h7H,2-5H2,1H3. The van der Waals surface area contributed by atoms with Gasteiger partial charge in [0.1, 0.15) is 6.07 Å². The highest BCUT2D eigenvalue weighted by atomic mass is 14.7. The SMILES string of the molecule is Cc1c(C#N)cnc2c1CCCC2. The number of pyridine rings is 1. The summed E-state index contributed by atoms with van der Waals surface area (Å²) in [5.41, 5.74) is 4.42. The zero-order valence-corrected chi connectivity index (χ0v) is 7.80. The summed E-state index contributed by atoms with van der Waals surface area (Å²) >= 11 is 0. The van der Waals surface area contributed by atoms with Crippen LogP contribution in [0.15, 0.2) is 6.20 Å². The van der Waals surface area contributed by atoms with E-state index < -0.39 is 0 Å². The Morgan fingerprint density at radius 2 is 2.15 bits per heavy atom. The van der Waals surface area contributed by atoms with Gasteiger partial charge >= 0.3 is 0 Å². The first-order valence-electron chi connectivity index (χ1n) is 4.70. The lowest BCUT2D eigenvalue weighted by atomic mass is 9.91. The molecule has 0 bridgehead atoms. The number of aryl methyl sites for hydroxylation is 1. The van der Waals surface area contributed by atoms with Crippen LogP contribution in [0.5, 0.6) is 0 Å². The Bertz CT molecular complexity index is 374. The van der Waals surface area contributed by atoms with Crippen molar-refractivity contribution in [3.05, 3.63) is 28.6 Å². The van der Waals surface area contributed by atoms with Gasteiger partial charge in [-0.25, -0.2) is 0 Å². The van der Waals surface area contributed by atoms with Gasteiger partial charge in [0, 0.05) is 11.9 Å². The molecule has 1 heterocycles. The molecular weight excluding hydrogens is 160 g/mol. The summed E-state index contributed by atoms with van der Waals surface area (Å²) in [4.78, 5) is 4.33. The molecule has 0 amide bonds. The largest absolute Gasteiger partial charge is 0.260 e. The molecule has 66 valence electrons. The average molecular weight is 172 g/mol. The lowest BCUT2D eigenvalue weighted by molar-refractivity contribution is 0.663. The molecule has 2 heteroatoms. The predicted molar refractivity (Wildman–Crippen MR) is 50.3 cm³/mol. The lowest BCUT2D eigenvalue weighted by Gasteiger charge is -2.17. The van der Waals surface area contributed by atoms with E-state index in [4.69, 9.17) is 5.26 Å². The van der Waals surface area contributed by atoms with E-state index >= 15 is 0 Å². The number of hydrogen-bond acceptors (Lipinski definition) is 2. The Kier molecular flexibility index (Phi) is 2.02. The van der Waals surface area contributed by atoms with E-state index in [1.165, 1.54) is 24.1 Å². The van der Waals surface area contributed by atoms with Gasteiger partial charge in [-0.3, -0.25) is 4.98 Å². The summed E-state index contributed by atoms with van der Waals surface area (Å²) in [7, 11) is 0. The highest BCUT2D eigenvalue weighted by Crippen LogP contribution is 2.23. The molecule has 0 aromatic carbocycles. The van der Waals surface area contributed by atoms with Crippen LogP contribution >= 0.6 is 0 Å². The van der Waals surface area contributed by atoms with Crippen LogP contribution in [-0.4, -0.2) is 4.98 Å². The number of nitrogens with zero attached hydrogens (tertiary/aromatic N) is 2. The molecule has 0 aliphatic heterocycles. The molecule has 0 saturated carbocycles. The van der Waals surface area contributed by atoms with Crippen molar-refractivity contribution >= 4 is 0 Å². The summed E-state index contributed by atoms with van der Waals surface area (Å²) in [6, 6.07) is 2.18. The first-order valence-corrected chi connectivity index (χ1v) is 4.70. The second-order valence-corrected chi connectivity index (χ2v) is 3.54. The molecule has 0 saturated heterocycles. The highest BCUT2D eigenvalue weighted by Gasteiger charge is 2.14. The fraction of sp³-hybridized carbons (Fsp3) is 0.455. The number of fused-ring (bicyclic) bond motifs is 1. The quantitative estimate of drug-likeness (QED) is 0.601. The Morgan fingerprint density at radius 3 is 2.92 bits per heavy atom. The monoisotopic (exact) mass is 172 g/mol. The third-order valence-corrected chi connectivity index (χ3v) is 2.77. The summed E-state index contributed by atoms with van der Waals surface area (Å²) in [5, 5.41) is 8.83. The molecule has 1 aromatic heterocycles. The maximum Gasteiger partial charge on any atom is 0.101 e.